The number of esters is 1. The molecule has 1 aromatic rings. The first-order valence-electron chi connectivity index (χ1n) is 7.45. The van der Waals surface area contributed by atoms with Gasteiger partial charge in [-0.1, -0.05) is 18.9 Å². The molecule has 0 aromatic heterocycles. The lowest BCUT2D eigenvalue weighted by Crippen LogP contribution is -2.40. The lowest BCUT2D eigenvalue weighted by atomic mass is 10.1. The molecule has 0 saturated heterocycles. The third-order valence-electron chi connectivity index (χ3n) is 4.14. The summed E-state index contributed by atoms with van der Waals surface area (Å²) < 4.78 is 30.9. The second kappa shape index (κ2) is 7.65. The standard InChI is InChI=1S/C16H21F2NO3/c1-22-16(21)10-19(12-4-2-3-5-12)9-15(20)11-6-7-13(17)14(18)8-11/h6-8,12,15,20H,2-5,9-10H2,1H3. The van der Waals surface area contributed by atoms with Crippen LogP contribution >= 0.6 is 0 Å². The number of hydrogen-bond donors (Lipinski definition) is 1. The smallest absolute Gasteiger partial charge is 0.319 e. The molecule has 0 spiro atoms. The molecule has 0 aliphatic heterocycles. The van der Waals surface area contributed by atoms with Crippen LogP contribution in [0.25, 0.3) is 0 Å². The van der Waals surface area contributed by atoms with Gasteiger partial charge in [-0.25, -0.2) is 8.78 Å². The van der Waals surface area contributed by atoms with Crippen LogP contribution in [0.15, 0.2) is 18.2 Å². The Morgan fingerprint density at radius 2 is 2.05 bits per heavy atom. The molecule has 0 amide bonds. The fourth-order valence-electron chi connectivity index (χ4n) is 2.89. The molecule has 0 bridgehead atoms. The zero-order valence-corrected chi connectivity index (χ0v) is 12.6. The molecule has 2 rings (SSSR count). The van der Waals surface area contributed by atoms with Crippen molar-refractivity contribution in [3.8, 4) is 0 Å². The van der Waals surface area contributed by atoms with E-state index < -0.39 is 17.7 Å². The summed E-state index contributed by atoms with van der Waals surface area (Å²) >= 11 is 0. The molecule has 4 nitrogen and oxygen atoms in total. The maximum absolute atomic E-state index is 13.3. The van der Waals surface area contributed by atoms with Gasteiger partial charge in [-0.3, -0.25) is 9.69 Å². The van der Waals surface area contributed by atoms with Gasteiger partial charge in [0.2, 0.25) is 0 Å². The molecular formula is C16H21F2NO3. The molecule has 1 saturated carbocycles. The number of carbonyl (C=O) groups excluding carboxylic acids is 1. The van der Waals surface area contributed by atoms with E-state index in [9.17, 15) is 18.7 Å². The Bertz CT molecular complexity index is 518. The molecule has 1 unspecified atom stereocenters. The maximum atomic E-state index is 13.3. The van der Waals surface area contributed by atoms with Crippen molar-refractivity contribution in [2.45, 2.75) is 37.8 Å². The number of hydrogen-bond acceptors (Lipinski definition) is 4. The molecule has 1 aliphatic rings. The van der Waals surface area contributed by atoms with Gasteiger partial charge in [0.25, 0.3) is 0 Å². The molecule has 1 aliphatic carbocycles. The van der Waals surface area contributed by atoms with Crippen molar-refractivity contribution in [3.63, 3.8) is 0 Å². The SMILES string of the molecule is COC(=O)CN(CC(O)c1ccc(F)c(F)c1)C1CCCC1. The average molecular weight is 313 g/mol. The Kier molecular flexibility index (Phi) is 5.85. The summed E-state index contributed by atoms with van der Waals surface area (Å²) in [6, 6.07) is 3.55. The topological polar surface area (TPSA) is 49.8 Å². The van der Waals surface area contributed by atoms with E-state index in [0.29, 0.717) is 5.56 Å². The van der Waals surface area contributed by atoms with E-state index in [4.69, 9.17) is 4.74 Å². The molecule has 122 valence electrons. The Balaban J connectivity index is 2.07. The number of methoxy groups -OCH3 is 1. The van der Waals surface area contributed by atoms with Gasteiger partial charge in [-0.15, -0.1) is 0 Å². The fraction of sp³-hybridized carbons (Fsp3) is 0.562. The molecular weight excluding hydrogens is 292 g/mol. The Labute approximate surface area is 128 Å². The number of aliphatic hydroxyl groups excluding tert-OH is 1. The van der Waals surface area contributed by atoms with E-state index in [1.165, 1.54) is 13.2 Å². The highest BCUT2D eigenvalue weighted by Crippen LogP contribution is 2.26. The fourth-order valence-corrected chi connectivity index (χ4v) is 2.89. The van der Waals surface area contributed by atoms with Crippen LogP contribution in [0.4, 0.5) is 8.78 Å². The molecule has 0 heterocycles. The van der Waals surface area contributed by atoms with Gasteiger partial charge < -0.3 is 9.84 Å². The number of benzene rings is 1. The zero-order valence-electron chi connectivity index (χ0n) is 12.6. The Morgan fingerprint density at radius 3 is 2.64 bits per heavy atom. The van der Waals surface area contributed by atoms with Gasteiger partial charge >= 0.3 is 5.97 Å². The monoisotopic (exact) mass is 313 g/mol. The van der Waals surface area contributed by atoms with Gasteiger partial charge in [0.1, 0.15) is 0 Å². The van der Waals surface area contributed by atoms with Crippen LogP contribution in [0.5, 0.6) is 0 Å². The zero-order chi connectivity index (χ0) is 16.1. The number of rotatable bonds is 6. The molecule has 22 heavy (non-hydrogen) atoms. The van der Waals surface area contributed by atoms with Gasteiger partial charge in [-0.05, 0) is 30.5 Å². The normalized spacial score (nSPS) is 17.0. The quantitative estimate of drug-likeness (QED) is 0.820. The van der Waals surface area contributed by atoms with Crippen LogP contribution in [-0.2, 0) is 9.53 Å². The third-order valence-corrected chi connectivity index (χ3v) is 4.14. The van der Waals surface area contributed by atoms with E-state index in [0.717, 1.165) is 37.8 Å². The minimum absolute atomic E-state index is 0.0852. The summed E-state index contributed by atoms with van der Waals surface area (Å²) in [7, 11) is 1.32. The number of ether oxygens (including phenoxy) is 1. The first-order chi connectivity index (χ1) is 10.5. The number of aliphatic hydroxyl groups is 1. The first-order valence-corrected chi connectivity index (χ1v) is 7.45. The van der Waals surface area contributed by atoms with Crippen molar-refractivity contribution in [3.05, 3.63) is 35.4 Å². The van der Waals surface area contributed by atoms with Crippen LogP contribution in [0, 0.1) is 11.6 Å². The second-order valence-corrected chi connectivity index (χ2v) is 5.63. The van der Waals surface area contributed by atoms with Crippen molar-refractivity contribution >= 4 is 5.97 Å². The van der Waals surface area contributed by atoms with E-state index in [-0.39, 0.29) is 25.1 Å². The molecule has 6 heteroatoms. The molecule has 0 radical (unpaired) electrons. The summed E-state index contributed by atoms with van der Waals surface area (Å²) in [5, 5.41) is 10.3. The summed E-state index contributed by atoms with van der Waals surface area (Å²) in [6.07, 6.45) is 3.11. The highest BCUT2D eigenvalue weighted by molar-refractivity contribution is 5.71. The van der Waals surface area contributed by atoms with E-state index >= 15 is 0 Å². The van der Waals surface area contributed by atoms with Crippen molar-refractivity contribution in [1.82, 2.24) is 4.90 Å². The van der Waals surface area contributed by atoms with Crippen LogP contribution in [-0.4, -0.2) is 42.2 Å². The number of nitrogens with zero attached hydrogens (tertiary/aromatic N) is 1. The third kappa shape index (κ3) is 4.24. The van der Waals surface area contributed by atoms with Gasteiger partial charge in [0.15, 0.2) is 11.6 Å². The number of carbonyl (C=O) groups is 1. The van der Waals surface area contributed by atoms with Crippen LogP contribution < -0.4 is 0 Å². The highest BCUT2D eigenvalue weighted by Gasteiger charge is 2.27. The minimum atomic E-state index is -0.989. The Hall–Kier alpha value is -1.53. The summed E-state index contributed by atoms with van der Waals surface area (Å²) in [5.74, 6) is -2.31. The summed E-state index contributed by atoms with van der Waals surface area (Å²) in [4.78, 5) is 13.4. The largest absolute Gasteiger partial charge is 0.468 e. The lowest BCUT2D eigenvalue weighted by Gasteiger charge is -2.29. The molecule has 1 fully saturated rings. The van der Waals surface area contributed by atoms with Gasteiger partial charge in [0, 0.05) is 12.6 Å². The summed E-state index contributed by atoms with van der Waals surface area (Å²) in [6.45, 7) is 0.271. The number of halogens is 2. The maximum Gasteiger partial charge on any atom is 0.319 e. The van der Waals surface area contributed by atoms with Crippen molar-refractivity contribution in [2.24, 2.45) is 0 Å². The van der Waals surface area contributed by atoms with Gasteiger partial charge in [0.05, 0.1) is 19.8 Å². The highest BCUT2D eigenvalue weighted by atomic mass is 19.2. The Morgan fingerprint density at radius 1 is 1.36 bits per heavy atom. The predicted molar refractivity (Wildman–Crippen MR) is 77.2 cm³/mol. The van der Waals surface area contributed by atoms with Crippen molar-refractivity contribution in [1.29, 1.82) is 0 Å². The van der Waals surface area contributed by atoms with Gasteiger partial charge in [-0.2, -0.15) is 0 Å². The van der Waals surface area contributed by atoms with Crippen LogP contribution in [0.3, 0.4) is 0 Å². The average Bonchev–Trinajstić information content (AvgIpc) is 3.03. The van der Waals surface area contributed by atoms with Crippen molar-refractivity contribution in [2.75, 3.05) is 20.2 Å². The summed E-state index contributed by atoms with van der Waals surface area (Å²) in [5.41, 5.74) is 0.298. The van der Waals surface area contributed by atoms with Crippen LogP contribution in [0.1, 0.15) is 37.4 Å². The van der Waals surface area contributed by atoms with E-state index in [2.05, 4.69) is 0 Å². The minimum Gasteiger partial charge on any atom is -0.468 e. The lowest BCUT2D eigenvalue weighted by molar-refractivity contribution is -0.142. The van der Waals surface area contributed by atoms with Crippen molar-refractivity contribution < 1.29 is 23.4 Å². The first kappa shape index (κ1) is 16.8. The second-order valence-electron chi connectivity index (χ2n) is 5.63. The molecule has 1 aromatic carbocycles. The predicted octanol–water partition coefficient (Wildman–Crippen LogP) is 2.42. The molecule has 1 N–H and O–H groups in total. The van der Waals surface area contributed by atoms with E-state index in [1.807, 2.05) is 4.90 Å². The van der Waals surface area contributed by atoms with Crippen LogP contribution in [0.2, 0.25) is 0 Å². The van der Waals surface area contributed by atoms with E-state index in [1.54, 1.807) is 0 Å². The molecule has 1 atom stereocenters.